The molecule has 2 atom stereocenters. The number of ether oxygens (including phenoxy) is 1. The van der Waals surface area contributed by atoms with Crippen molar-refractivity contribution in [1.82, 2.24) is 0 Å². The Balaban J connectivity index is 2.47. The average Bonchev–Trinajstić information content (AvgIpc) is 2.40. The van der Waals surface area contributed by atoms with E-state index < -0.39 is 0 Å². The molecule has 0 aliphatic carbocycles. The smallest absolute Gasteiger partial charge is 0.169 e. The Morgan fingerprint density at radius 1 is 1.50 bits per heavy atom. The van der Waals surface area contributed by atoms with E-state index in [2.05, 4.69) is 6.92 Å². The van der Waals surface area contributed by atoms with Gasteiger partial charge in [0.25, 0.3) is 0 Å². The number of hydrogen-bond acceptors (Lipinski definition) is 3. The lowest BCUT2D eigenvalue weighted by molar-refractivity contribution is 0.384. The van der Waals surface area contributed by atoms with Crippen LogP contribution < -0.4 is 10.5 Å². The van der Waals surface area contributed by atoms with Gasteiger partial charge in [0.05, 0.1) is 7.11 Å². The predicted molar refractivity (Wildman–Crippen MR) is 65.3 cm³/mol. The summed E-state index contributed by atoms with van der Waals surface area (Å²) < 4.78 is 19.0. The molecule has 1 aromatic carbocycles. The van der Waals surface area contributed by atoms with Gasteiger partial charge < -0.3 is 10.5 Å². The minimum Gasteiger partial charge on any atom is -0.494 e. The Morgan fingerprint density at radius 2 is 2.25 bits per heavy atom. The van der Waals surface area contributed by atoms with Crippen LogP contribution in [0.2, 0.25) is 0 Å². The highest BCUT2D eigenvalue weighted by Crippen LogP contribution is 2.37. The summed E-state index contributed by atoms with van der Waals surface area (Å²) in [4.78, 5) is 0. The van der Waals surface area contributed by atoms with Crippen LogP contribution in [0, 0.1) is 5.82 Å². The Kier molecular flexibility index (Phi) is 3.40. The maximum Gasteiger partial charge on any atom is 0.169 e. The summed E-state index contributed by atoms with van der Waals surface area (Å²) in [6, 6.07) is 3.48. The second-order valence-electron chi connectivity index (χ2n) is 4.11. The first-order valence-electron chi connectivity index (χ1n) is 5.36. The lowest BCUT2D eigenvalue weighted by Gasteiger charge is -2.15. The van der Waals surface area contributed by atoms with Crippen LogP contribution in [0.1, 0.15) is 30.5 Å². The van der Waals surface area contributed by atoms with Crippen LogP contribution in [0.3, 0.4) is 0 Å². The molecular formula is C12H16FNOS. The van der Waals surface area contributed by atoms with Crippen molar-refractivity contribution >= 4 is 11.8 Å². The molecule has 1 aliphatic rings. The second kappa shape index (κ2) is 4.63. The predicted octanol–water partition coefficient (Wildman–Crippen LogP) is 2.86. The number of fused-ring (bicyclic) bond motifs is 1. The van der Waals surface area contributed by atoms with Crippen molar-refractivity contribution in [2.45, 2.75) is 30.4 Å². The van der Waals surface area contributed by atoms with Gasteiger partial charge in [-0.3, -0.25) is 0 Å². The van der Waals surface area contributed by atoms with Crippen LogP contribution in [0.4, 0.5) is 4.39 Å². The van der Waals surface area contributed by atoms with E-state index >= 15 is 0 Å². The minimum atomic E-state index is -0.253. The van der Waals surface area contributed by atoms with E-state index in [0.717, 1.165) is 12.0 Å². The summed E-state index contributed by atoms with van der Waals surface area (Å²) in [5, 5.41) is 0.466. The van der Waals surface area contributed by atoms with Crippen LogP contribution in [0.25, 0.3) is 0 Å². The number of methoxy groups -OCH3 is 1. The van der Waals surface area contributed by atoms with Gasteiger partial charge in [-0.1, -0.05) is 13.0 Å². The summed E-state index contributed by atoms with van der Waals surface area (Å²) in [7, 11) is 1.48. The first-order valence-corrected chi connectivity index (χ1v) is 6.40. The summed E-state index contributed by atoms with van der Waals surface area (Å²) in [5.41, 5.74) is 7.71. The highest BCUT2D eigenvalue weighted by Gasteiger charge is 2.23. The molecule has 2 nitrogen and oxygen atoms in total. The van der Waals surface area contributed by atoms with Crippen molar-refractivity contribution in [3.63, 3.8) is 0 Å². The third-order valence-electron chi connectivity index (χ3n) is 2.96. The molecule has 0 radical (unpaired) electrons. The largest absolute Gasteiger partial charge is 0.494 e. The average molecular weight is 241 g/mol. The van der Waals surface area contributed by atoms with E-state index in [1.54, 1.807) is 17.8 Å². The molecule has 2 rings (SSSR count). The van der Waals surface area contributed by atoms with Gasteiger partial charge in [0.1, 0.15) is 0 Å². The number of thioether (sulfide) groups is 1. The molecule has 0 saturated heterocycles. The zero-order valence-electron chi connectivity index (χ0n) is 9.50. The van der Waals surface area contributed by atoms with Crippen molar-refractivity contribution in [1.29, 1.82) is 0 Å². The molecule has 0 spiro atoms. The third kappa shape index (κ3) is 2.04. The molecule has 0 aromatic heterocycles. The first-order chi connectivity index (χ1) is 7.63. The number of hydrogen-bond donors (Lipinski definition) is 1. The van der Waals surface area contributed by atoms with Gasteiger partial charge in [0.15, 0.2) is 11.6 Å². The van der Waals surface area contributed by atoms with E-state index in [9.17, 15) is 4.39 Å². The van der Waals surface area contributed by atoms with Gasteiger partial charge in [-0.15, -0.1) is 0 Å². The fraction of sp³-hybridized carbons (Fsp3) is 0.500. The molecule has 1 aliphatic heterocycles. The summed E-state index contributed by atoms with van der Waals surface area (Å²) in [5.74, 6) is 0.728. The lowest BCUT2D eigenvalue weighted by atomic mass is 9.98. The maximum absolute atomic E-state index is 14.0. The van der Waals surface area contributed by atoms with Crippen molar-refractivity contribution in [2.24, 2.45) is 5.73 Å². The van der Waals surface area contributed by atoms with Gasteiger partial charge >= 0.3 is 0 Å². The van der Waals surface area contributed by atoms with Crippen LogP contribution in [0.15, 0.2) is 12.1 Å². The second-order valence-corrected chi connectivity index (χ2v) is 5.54. The standard InChI is InChI=1S/C12H16FNOS/c1-7-5-10(14)8-3-4-11(15-2)12(13)9(8)6-16-7/h3-4,7,10H,5-6,14H2,1-2H3/t7?,10-/m0/s1. The third-order valence-corrected chi connectivity index (χ3v) is 4.18. The topological polar surface area (TPSA) is 35.2 Å². The maximum atomic E-state index is 14.0. The Labute approximate surface area is 99.4 Å². The highest BCUT2D eigenvalue weighted by atomic mass is 32.2. The van der Waals surface area contributed by atoms with E-state index in [1.807, 2.05) is 6.07 Å². The Bertz CT molecular complexity index is 397. The van der Waals surface area contributed by atoms with Crippen LogP contribution in [0.5, 0.6) is 5.75 Å². The van der Waals surface area contributed by atoms with Crippen molar-refractivity contribution < 1.29 is 9.13 Å². The van der Waals surface area contributed by atoms with Gasteiger partial charge in [0, 0.05) is 22.6 Å². The minimum absolute atomic E-state index is 0.0691. The zero-order valence-corrected chi connectivity index (χ0v) is 10.3. The Hall–Kier alpha value is -0.740. The highest BCUT2D eigenvalue weighted by molar-refractivity contribution is 7.99. The molecule has 0 amide bonds. The number of rotatable bonds is 1. The molecule has 0 bridgehead atoms. The van der Waals surface area contributed by atoms with E-state index in [1.165, 1.54) is 7.11 Å². The molecule has 88 valence electrons. The normalized spacial score (nSPS) is 24.8. The molecule has 1 unspecified atom stereocenters. The molecular weight excluding hydrogens is 225 g/mol. The fourth-order valence-electron chi connectivity index (χ4n) is 2.04. The SMILES string of the molecule is COc1ccc2c(c1F)CSC(C)C[C@@H]2N. The zero-order chi connectivity index (χ0) is 11.7. The van der Waals surface area contributed by atoms with Gasteiger partial charge in [-0.2, -0.15) is 11.8 Å². The van der Waals surface area contributed by atoms with Gasteiger partial charge in [-0.05, 0) is 18.1 Å². The van der Waals surface area contributed by atoms with Gasteiger partial charge in [-0.25, -0.2) is 4.39 Å². The van der Waals surface area contributed by atoms with Crippen LogP contribution >= 0.6 is 11.8 Å². The number of halogens is 1. The summed E-state index contributed by atoms with van der Waals surface area (Å²) >= 11 is 1.74. The quantitative estimate of drug-likeness (QED) is 0.821. The number of nitrogens with two attached hydrogens (primary N) is 1. The van der Waals surface area contributed by atoms with E-state index in [4.69, 9.17) is 10.5 Å². The molecule has 0 fully saturated rings. The lowest BCUT2D eigenvalue weighted by Crippen LogP contribution is -2.14. The van der Waals surface area contributed by atoms with Crippen LogP contribution in [-0.2, 0) is 5.75 Å². The molecule has 2 N–H and O–H groups in total. The molecule has 16 heavy (non-hydrogen) atoms. The van der Waals surface area contributed by atoms with E-state index in [0.29, 0.717) is 22.3 Å². The molecule has 4 heteroatoms. The van der Waals surface area contributed by atoms with Crippen molar-refractivity contribution in [3.8, 4) is 5.75 Å². The Morgan fingerprint density at radius 3 is 2.94 bits per heavy atom. The van der Waals surface area contributed by atoms with Crippen LogP contribution in [-0.4, -0.2) is 12.4 Å². The fourth-order valence-corrected chi connectivity index (χ4v) is 3.13. The van der Waals surface area contributed by atoms with Crippen molar-refractivity contribution in [3.05, 3.63) is 29.1 Å². The summed E-state index contributed by atoms with van der Waals surface area (Å²) in [6.45, 7) is 2.13. The summed E-state index contributed by atoms with van der Waals surface area (Å²) in [6.07, 6.45) is 0.892. The molecule has 1 aromatic rings. The number of benzene rings is 1. The molecule has 1 heterocycles. The first kappa shape index (κ1) is 11.7. The molecule has 0 saturated carbocycles. The van der Waals surface area contributed by atoms with Crippen molar-refractivity contribution in [2.75, 3.05) is 7.11 Å². The van der Waals surface area contributed by atoms with Gasteiger partial charge in [0.2, 0.25) is 0 Å². The van der Waals surface area contributed by atoms with E-state index in [-0.39, 0.29) is 11.9 Å². The monoisotopic (exact) mass is 241 g/mol.